The third-order valence-electron chi connectivity index (χ3n) is 4.49. The molecule has 0 spiro atoms. The fourth-order valence-corrected chi connectivity index (χ4v) is 2.94. The van der Waals surface area contributed by atoms with E-state index in [0.717, 1.165) is 12.8 Å². The van der Waals surface area contributed by atoms with Crippen LogP contribution >= 0.6 is 0 Å². The lowest BCUT2D eigenvalue weighted by Crippen LogP contribution is -2.43. The zero-order valence-corrected chi connectivity index (χ0v) is 14.9. The number of halogens is 1. The van der Waals surface area contributed by atoms with E-state index in [1.54, 1.807) is 29.2 Å². The van der Waals surface area contributed by atoms with Crippen molar-refractivity contribution < 1.29 is 18.7 Å². The molecular weight excluding hydrogens is 349 g/mol. The first kappa shape index (κ1) is 18.7. The molecule has 1 aliphatic rings. The monoisotopic (exact) mass is 371 g/mol. The normalized spacial score (nSPS) is 14.5. The van der Waals surface area contributed by atoms with Crippen LogP contribution in [0, 0.1) is 11.7 Å². The van der Waals surface area contributed by atoms with Crippen molar-refractivity contribution in [2.24, 2.45) is 5.92 Å². The molecule has 0 bridgehead atoms. The summed E-state index contributed by atoms with van der Waals surface area (Å²) in [5, 5.41) is 5.26. The van der Waals surface area contributed by atoms with Gasteiger partial charge in [-0.05, 0) is 43.0 Å². The second-order valence-corrected chi connectivity index (χ2v) is 6.43. The lowest BCUT2D eigenvalue weighted by molar-refractivity contribution is 0.130. The van der Waals surface area contributed by atoms with Gasteiger partial charge in [0.15, 0.2) is 0 Å². The topological polar surface area (TPSA) is 70.7 Å². The minimum absolute atomic E-state index is 0.147. The molecule has 3 rings (SSSR count). The Morgan fingerprint density at radius 2 is 1.70 bits per heavy atom. The fourth-order valence-electron chi connectivity index (χ4n) is 2.94. The molecule has 6 nitrogen and oxygen atoms in total. The van der Waals surface area contributed by atoms with Gasteiger partial charge < -0.3 is 20.3 Å². The van der Waals surface area contributed by atoms with Gasteiger partial charge in [-0.2, -0.15) is 0 Å². The predicted molar refractivity (Wildman–Crippen MR) is 100 cm³/mol. The van der Waals surface area contributed by atoms with E-state index in [-0.39, 0.29) is 17.7 Å². The fraction of sp³-hybridized carbons (Fsp3) is 0.300. The van der Waals surface area contributed by atoms with Crippen LogP contribution in [0.1, 0.15) is 12.8 Å². The van der Waals surface area contributed by atoms with Crippen LogP contribution in [0.3, 0.4) is 0 Å². The Kier molecular flexibility index (Phi) is 6.25. The van der Waals surface area contributed by atoms with E-state index in [2.05, 4.69) is 10.6 Å². The number of urea groups is 1. The number of likely N-dealkylation sites (tertiary alicyclic amines) is 1. The number of nitrogens with zero attached hydrogens (tertiary/aromatic N) is 1. The summed E-state index contributed by atoms with van der Waals surface area (Å²) in [7, 11) is 0. The second-order valence-electron chi connectivity index (χ2n) is 6.43. The van der Waals surface area contributed by atoms with Gasteiger partial charge in [0.05, 0.1) is 5.69 Å². The van der Waals surface area contributed by atoms with Gasteiger partial charge in [-0.1, -0.05) is 30.3 Å². The Labute approximate surface area is 157 Å². The number of piperidine rings is 1. The molecule has 2 N–H and O–H groups in total. The van der Waals surface area contributed by atoms with Crippen LogP contribution in [0.2, 0.25) is 0 Å². The molecule has 0 radical (unpaired) electrons. The quantitative estimate of drug-likeness (QED) is 0.857. The third-order valence-corrected chi connectivity index (χ3v) is 4.49. The molecule has 27 heavy (non-hydrogen) atoms. The summed E-state index contributed by atoms with van der Waals surface area (Å²) < 4.78 is 18.9. The van der Waals surface area contributed by atoms with E-state index < -0.39 is 11.8 Å². The molecule has 1 fully saturated rings. The van der Waals surface area contributed by atoms with E-state index in [0.29, 0.717) is 25.4 Å². The van der Waals surface area contributed by atoms with Crippen molar-refractivity contribution in [3.63, 3.8) is 0 Å². The first-order valence-electron chi connectivity index (χ1n) is 8.93. The maximum absolute atomic E-state index is 13.5. The van der Waals surface area contributed by atoms with E-state index >= 15 is 0 Å². The molecule has 0 atom stereocenters. The van der Waals surface area contributed by atoms with Crippen molar-refractivity contribution >= 4 is 17.8 Å². The molecule has 1 heterocycles. The van der Waals surface area contributed by atoms with Gasteiger partial charge in [0.1, 0.15) is 11.6 Å². The Morgan fingerprint density at radius 1 is 1.04 bits per heavy atom. The average molecular weight is 371 g/mol. The highest BCUT2D eigenvalue weighted by Crippen LogP contribution is 2.19. The number of benzene rings is 2. The Hall–Kier alpha value is -3.09. The Morgan fingerprint density at radius 3 is 2.41 bits per heavy atom. The minimum atomic E-state index is -0.474. The molecule has 142 valence electrons. The van der Waals surface area contributed by atoms with Crippen LogP contribution in [0.5, 0.6) is 5.75 Å². The zero-order valence-electron chi connectivity index (χ0n) is 14.9. The standard InChI is InChI=1S/C20H22FN3O3/c21-17-8-4-5-9-18(17)23-19(25)22-14-15-10-12-24(13-11-15)20(26)27-16-6-2-1-3-7-16/h1-9,15H,10-14H2,(H2,22,23,25). The van der Waals surface area contributed by atoms with Crippen molar-refractivity contribution in [2.45, 2.75) is 12.8 Å². The number of nitrogens with one attached hydrogen (secondary N) is 2. The number of carbonyl (C=O) groups is 2. The maximum Gasteiger partial charge on any atom is 0.415 e. The zero-order chi connectivity index (χ0) is 19.1. The first-order valence-corrected chi connectivity index (χ1v) is 8.93. The van der Waals surface area contributed by atoms with Crippen molar-refractivity contribution in [1.29, 1.82) is 0 Å². The number of hydrogen-bond donors (Lipinski definition) is 2. The Balaban J connectivity index is 1.38. The van der Waals surface area contributed by atoms with Gasteiger partial charge in [-0.15, -0.1) is 0 Å². The molecule has 2 aromatic carbocycles. The lowest BCUT2D eigenvalue weighted by atomic mass is 9.97. The number of amides is 3. The number of carbonyl (C=O) groups excluding carboxylic acids is 2. The molecule has 0 aromatic heterocycles. The third kappa shape index (κ3) is 5.44. The van der Waals surface area contributed by atoms with Crippen LogP contribution in [0.4, 0.5) is 19.7 Å². The smallest absolute Gasteiger partial charge is 0.410 e. The SMILES string of the molecule is O=C(NCC1CCN(C(=O)Oc2ccccc2)CC1)Nc1ccccc1F. The maximum atomic E-state index is 13.5. The predicted octanol–water partition coefficient (Wildman–Crippen LogP) is 3.86. The summed E-state index contributed by atoms with van der Waals surface area (Å²) in [5.74, 6) is 0.311. The molecule has 0 aliphatic carbocycles. The molecule has 2 aromatic rings. The molecule has 3 amide bonds. The summed E-state index contributed by atoms with van der Waals surface area (Å²) in [6.45, 7) is 1.63. The molecular formula is C20H22FN3O3. The average Bonchev–Trinajstić information content (AvgIpc) is 2.69. The van der Waals surface area contributed by atoms with Gasteiger partial charge in [-0.25, -0.2) is 14.0 Å². The number of para-hydroxylation sites is 2. The summed E-state index contributed by atoms with van der Waals surface area (Å²) >= 11 is 0. The van der Waals surface area contributed by atoms with Gasteiger partial charge in [0.2, 0.25) is 0 Å². The summed E-state index contributed by atoms with van der Waals surface area (Å²) in [6, 6.07) is 14.5. The van der Waals surface area contributed by atoms with E-state index in [1.165, 1.54) is 12.1 Å². The van der Waals surface area contributed by atoms with Crippen LogP contribution < -0.4 is 15.4 Å². The van der Waals surface area contributed by atoms with E-state index in [9.17, 15) is 14.0 Å². The highest BCUT2D eigenvalue weighted by Gasteiger charge is 2.24. The summed E-state index contributed by atoms with van der Waals surface area (Å²) in [4.78, 5) is 25.7. The van der Waals surface area contributed by atoms with Crippen LogP contribution in [-0.4, -0.2) is 36.7 Å². The molecule has 0 saturated carbocycles. The van der Waals surface area contributed by atoms with Gasteiger partial charge in [0, 0.05) is 19.6 Å². The lowest BCUT2D eigenvalue weighted by Gasteiger charge is -2.31. The van der Waals surface area contributed by atoms with E-state index in [1.807, 2.05) is 18.2 Å². The molecule has 1 saturated heterocycles. The van der Waals surface area contributed by atoms with Gasteiger partial charge >= 0.3 is 12.1 Å². The van der Waals surface area contributed by atoms with Crippen LogP contribution in [-0.2, 0) is 0 Å². The van der Waals surface area contributed by atoms with Crippen molar-refractivity contribution in [1.82, 2.24) is 10.2 Å². The van der Waals surface area contributed by atoms with Crippen molar-refractivity contribution in [3.8, 4) is 5.75 Å². The number of anilines is 1. The molecule has 1 aliphatic heterocycles. The van der Waals surface area contributed by atoms with Crippen molar-refractivity contribution in [2.75, 3.05) is 25.0 Å². The van der Waals surface area contributed by atoms with Crippen LogP contribution in [0.25, 0.3) is 0 Å². The van der Waals surface area contributed by atoms with Crippen molar-refractivity contribution in [3.05, 3.63) is 60.4 Å². The highest BCUT2D eigenvalue weighted by atomic mass is 19.1. The minimum Gasteiger partial charge on any atom is -0.410 e. The summed E-state index contributed by atoms with van der Waals surface area (Å²) in [6.07, 6.45) is 1.18. The van der Waals surface area contributed by atoms with Crippen LogP contribution in [0.15, 0.2) is 54.6 Å². The largest absolute Gasteiger partial charge is 0.415 e. The van der Waals surface area contributed by atoms with Gasteiger partial charge in [0.25, 0.3) is 0 Å². The van der Waals surface area contributed by atoms with E-state index in [4.69, 9.17) is 4.74 Å². The highest BCUT2D eigenvalue weighted by molar-refractivity contribution is 5.89. The second kappa shape index (κ2) is 9.02. The van der Waals surface area contributed by atoms with Gasteiger partial charge in [-0.3, -0.25) is 0 Å². The molecule has 0 unspecified atom stereocenters. The Bertz CT molecular complexity index is 777. The number of rotatable bonds is 4. The number of hydrogen-bond acceptors (Lipinski definition) is 3. The number of ether oxygens (including phenoxy) is 1. The molecule has 7 heteroatoms. The summed E-state index contributed by atoms with van der Waals surface area (Å²) in [5.41, 5.74) is 0.147. The first-order chi connectivity index (χ1) is 13.1.